The molecule has 24 heavy (non-hydrogen) atoms. The van der Waals surface area contributed by atoms with Crippen molar-refractivity contribution < 1.29 is 22.8 Å². The minimum absolute atomic E-state index is 0.0912. The summed E-state index contributed by atoms with van der Waals surface area (Å²) in [5.41, 5.74) is 5.66. The molecule has 1 atom stereocenters. The molecule has 1 unspecified atom stereocenters. The monoisotopic (exact) mass is 354 g/mol. The molecule has 1 aromatic rings. The van der Waals surface area contributed by atoms with Crippen LogP contribution in [-0.4, -0.2) is 32.2 Å². The summed E-state index contributed by atoms with van der Waals surface area (Å²) in [6.45, 7) is -0.330. The molecule has 0 radical (unpaired) electrons. The second-order valence-electron chi connectivity index (χ2n) is 5.28. The topological polar surface area (TPSA) is 122 Å². The predicted octanol–water partition coefficient (Wildman–Crippen LogP) is 1.33. The molecule has 2 N–H and O–H groups in total. The fraction of sp³-hybridized carbons (Fsp3) is 0.333. The van der Waals surface area contributed by atoms with Crippen LogP contribution in [0.3, 0.4) is 0 Å². The summed E-state index contributed by atoms with van der Waals surface area (Å²) in [7, 11) is -2.61. The second-order valence-corrected chi connectivity index (χ2v) is 7.49. The average molecular weight is 354 g/mol. The molecule has 9 heteroatoms. The largest absolute Gasteiger partial charge is 0.393 e. The molecule has 130 valence electrons. The van der Waals surface area contributed by atoms with Crippen LogP contribution in [0.5, 0.6) is 0 Å². The van der Waals surface area contributed by atoms with Crippen molar-refractivity contribution in [3.63, 3.8) is 0 Å². The van der Waals surface area contributed by atoms with Crippen molar-refractivity contribution in [3.05, 3.63) is 69.6 Å². The van der Waals surface area contributed by atoms with E-state index in [1.54, 1.807) is 30.3 Å². The van der Waals surface area contributed by atoms with E-state index in [2.05, 4.69) is 0 Å². The molecule has 0 aromatic heterocycles. The molecule has 0 saturated heterocycles. The first-order chi connectivity index (χ1) is 11.3. The van der Waals surface area contributed by atoms with E-state index in [4.69, 9.17) is 15.2 Å². The molecule has 1 aliphatic carbocycles. The van der Waals surface area contributed by atoms with Crippen LogP contribution < -0.4 is 5.73 Å². The van der Waals surface area contributed by atoms with Crippen molar-refractivity contribution >= 4 is 9.84 Å². The zero-order chi connectivity index (χ0) is 17.8. The van der Waals surface area contributed by atoms with E-state index in [1.807, 2.05) is 0 Å². The molecule has 2 rings (SSSR count). The molecular weight excluding hydrogens is 336 g/mol. The number of hydrogen-bond donors (Lipinski definition) is 1. The highest BCUT2D eigenvalue weighted by Gasteiger charge is 2.48. The lowest BCUT2D eigenvalue weighted by Crippen LogP contribution is -2.44. The first-order valence-corrected chi connectivity index (χ1v) is 8.68. The van der Waals surface area contributed by atoms with E-state index in [1.165, 1.54) is 19.3 Å². The number of nitrogens with two attached hydrogens (primary N) is 1. The van der Waals surface area contributed by atoms with Crippen LogP contribution >= 0.6 is 0 Å². The number of allylic oxidation sites excluding steroid dienone is 1. The lowest BCUT2D eigenvalue weighted by Gasteiger charge is -2.31. The van der Waals surface area contributed by atoms with Crippen molar-refractivity contribution in [2.45, 2.75) is 17.1 Å². The van der Waals surface area contributed by atoms with Gasteiger partial charge in [0.25, 0.3) is 5.70 Å². The van der Waals surface area contributed by atoms with Crippen molar-refractivity contribution in [1.82, 2.24) is 0 Å². The summed E-state index contributed by atoms with van der Waals surface area (Å²) in [5, 5.41) is 11.2. The normalized spacial score (nSPS) is 21.0. The standard InChI is InChI=1S/C15H18N2O6S/c1-22-11-23-15(8-7-13(16)14(9-15)17(18)19)24(20,21)10-12-5-3-2-4-6-12/h2-8H,9-11,16H2,1H3. The Labute approximate surface area is 139 Å². The molecule has 0 bridgehead atoms. The maximum atomic E-state index is 12.9. The summed E-state index contributed by atoms with van der Waals surface area (Å²) >= 11 is 0. The fourth-order valence-corrected chi connectivity index (χ4v) is 4.09. The molecule has 0 heterocycles. The highest BCUT2D eigenvalue weighted by Crippen LogP contribution is 2.36. The van der Waals surface area contributed by atoms with Gasteiger partial charge in [-0.25, -0.2) is 8.42 Å². The van der Waals surface area contributed by atoms with Gasteiger partial charge in [0, 0.05) is 7.11 Å². The third-order valence-electron chi connectivity index (χ3n) is 3.63. The quantitative estimate of drug-likeness (QED) is 0.445. The molecule has 0 saturated carbocycles. The Morgan fingerprint density at radius 2 is 2.00 bits per heavy atom. The summed E-state index contributed by atoms with van der Waals surface area (Å²) in [6.07, 6.45) is 1.95. The van der Waals surface area contributed by atoms with Gasteiger partial charge >= 0.3 is 0 Å². The maximum Gasteiger partial charge on any atom is 0.273 e. The van der Waals surface area contributed by atoms with Gasteiger partial charge in [-0.2, -0.15) is 0 Å². The van der Waals surface area contributed by atoms with Crippen LogP contribution in [0.25, 0.3) is 0 Å². The molecule has 0 aliphatic heterocycles. The zero-order valence-electron chi connectivity index (χ0n) is 13.0. The molecule has 0 spiro atoms. The molecule has 0 fully saturated rings. The van der Waals surface area contributed by atoms with Crippen LogP contribution in [-0.2, 0) is 25.1 Å². The minimum atomic E-state index is -3.94. The van der Waals surface area contributed by atoms with Crippen LogP contribution in [0.4, 0.5) is 0 Å². The van der Waals surface area contributed by atoms with Gasteiger partial charge in [-0.15, -0.1) is 0 Å². The maximum absolute atomic E-state index is 12.9. The Morgan fingerprint density at radius 3 is 2.58 bits per heavy atom. The Balaban J connectivity index is 2.42. The first-order valence-electron chi connectivity index (χ1n) is 7.03. The lowest BCUT2D eigenvalue weighted by atomic mass is 10.1. The van der Waals surface area contributed by atoms with Crippen LogP contribution in [0, 0.1) is 10.1 Å². The summed E-state index contributed by atoms with van der Waals surface area (Å²) < 4.78 is 36.1. The molecule has 1 aliphatic rings. The summed E-state index contributed by atoms with van der Waals surface area (Å²) in [5.74, 6) is -0.327. The van der Waals surface area contributed by atoms with E-state index >= 15 is 0 Å². The van der Waals surface area contributed by atoms with Gasteiger partial charge in [-0.1, -0.05) is 30.3 Å². The molecule has 0 amide bonds. The zero-order valence-corrected chi connectivity index (χ0v) is 13.9. The van der Waals surface area contributed by atoms with E-state index in [-0.39, 0.29) is 18.2 Å². The second kappa shape index (κ2) is 7.12. The molecule has 8 nitrogen and oxygen atoms in total. The summed E-state index contributed by atoms with van der Waals surface area (Å²) in [6, 6.07) is 8.51. The highest BCUT2D eigenvalue weighted by molar-refractivity contribution is 7.92. The number of rotatable bonds is 7. The minimum Gasteiger partial charge on any atom is -0.393 e. The SMILES string of the molecule is COCOC1(S(=O)(=O)Cc2ccccc2)C=CC(N)=C([N+](=O)[O-])C1. The number of nitrogens with zero attached hydrogens (tertiary/aromatic N) is 1. The molecule has 1 aromatic carbocycles. The van der Waals surface area contributed by atoms with E-state index < -0.39 is 31.8 Å². The van der Waals surface area contributed by atoms with Gasteiger partial charge in [-0.05, 0) is 17.7 Å². The van der Waals surface area contributed by atoms with Crippen LogP contribution in [0.2, 0.25) is 0 Å². The number of ether oxygens (including phenoxy) is 2. The van der Waals surface area contributed by atoms with Crippen molar-refractivity contribution in [2.24, 2.45) is 5.73 Å². The predicted molar refractivity (Wildman–Crippen MR) is 86.7 cm³/mol. The third kappa shape index (κ3) is 3.64. The van der Waals surface area contributed by atoms with Gasteiger partial charge in [0.05, 0.1) is 17.1 Å². The van der Waals surface area contributed by atoms with Crippen LogP contribution in [0.15, 0.2) is 53.9 Å². The number of hydrogen-bond acceptors (Lipinski definition) is 7. The smallest absolute Gasteiger partial charge is 0.273 e. The van der Waals surface area contributed by atoms with E-state index in [0.717, 1.165) is 0 Å². The van der Waals surface area contributed by atoms with Gasteiger partial charge in [-0.3, -0.25) is 10.1 Å². The van der Waals surface area contributed by atoms with E-state index in [0.29, 0.717) is 5.56 Å². The van der Waals surface area contributed by atoms with Gasteiger partial charge in [0.15, 0.2) is 9.84 Å². The van der Waals surface area contributed by atoms with Gasteiger partial charge in [0.1, 0.15) is 12.5 Å². The Morgan fingerprint density at radius 1 is 1.33 bits per heavy atom. The third-order valence-corrected chi connectivity index (χ3v) is 5.80. The van der Waals surface area contributed by atoms with Crippen molar-refractivity contribution in [3.8, 4) is 0 Å². The lowest BCUT2D eigenvalue weighted by molar-refractivity contribution is -0.431. The number of nitro groups is 1. The number of sulfone groups is 1. The van der Waals surface area contributed by atoms with E-state index in [9.17, 15) is 18.5 Å². The van der Waals surface area contributed by atoms with Gasteiger partial charge in [0.2, 0.25) is 4.93 Å². The van der Waals surface area contributed by atoms with Crippen molar-refractivity contribution in [1.29, 1.82) is 0 Å². The fourth-order valence-electron chi connectivity index (χ4n) is 2.35. The van der Waals surface area contributed by atoms with Crippen LogP contribution in [0.1, 0.15) is 12.0 Å². The Kier molecular flexibility index (Phi) is 5.37. The number of methoxy groups -OCH3 is 1. The highest BCUT2D eigenvalue weighted by atomic mass is 32.2. The van der Waals surface area contributed by atoms with Crippen molar-refractivity contribution in [2.75, 3.05) is 13.9 Å². The first kappa shape index (κ1) is 18.1. The Hall–Kier alpha value is -2.23. The number of benzene rings is 1. The average Bonchev–Trinajstić information content (AvgIpc) is 2.54. The molecular formula is C15H18N2O6S. The van der Waals surface area contributed by atoms with Gasteiger partial charge < -0.3 is 15.2 Å². The Bertz CT molecular complexity index is 772. The summed E-state index contributed by atoms with van der Waals surface area (Å²) in [4.78, 5) is 8.57.